The lowest BCUT2D eigenvalue weighted by atomic mass is 10.2. The third-order valence-corrected chi connectivity index (χ3v) is 4.33. The van der Waals surface area contributed by atoms with Gasteiger partial charge in [-0.2, -0.15) is 5.10 Å². The van der Waals surface area contributed by atoms with Crippen LogP contribution in [0.4, 0.5) is 5.88 Å². The standard InChI is InChI=1S/C16H22N4O4/c1-8-7-23-9(2)5-20(8)6-12(21)17-16-14-13(11(4)24-16)10(3)18-19-15(14)22/h8-9H,5-7H2,1-4H3,(H,17,21)(H,19,22)/t8-,9-/m1/s1. The van der Waals surface area contributed by atoms with Crippen LogP contribution in [0.2, 0.25) is 0 Å². The number of furan rings is 1. The van der Waals surface area contributed by atoms with Gasteiger partial charge in [0.15, 0.2) is 0 Å². The number of carbonyl (C=O) groups is 1. The van der Waals surface area contributed by atoms with Crippen molar-refractivity contribution in [1.82, 2.24) is 15.1 Å². The molecule has 1 aliphatic rings. The molecule has 3 heterocycles. The van der Waals surface area contributed by atoms with Gasteiger partial charge in [-0.3, -0.25) is 19.8 Å². The molecule has 130 valence electrons. The molecule has 2 aromatic heterocycles. The molecule has 2 aromatic rings. The summed E-state index contributed by atoms with van der Waals surface area (Å²) in [5, 5.41) is 10.1. The average Bonchev–Trinajstić information content (AvgIpc) is 2.84. The molecular formula is C16H22N4O4. The molecular weight excluding hydrogens is 312 g/mol. The van der Waals surface area contributed by atoms with Crippen LogP contribution in [0.3, 0.4) is 0 Å². The van der Waals surface area contributed by atoms with Gasteiger partial charge >= 0.3 is 0 Å². The Morgan fingerprint density at radius 1 is 1.38 bits per heavy atom. The summed E-state index contributed by atoms with van der Waals surface area (Å²) in [5.74, 6) is 0.512. The van der Waals surface area contributed by atoms with Crippen molar-refractivity contribution < 1.29 is 13.9 Å². The normalized spacial score (nSPS) is 22.0. The lowest BCUT2D eigenvalue weighted by Crippen LogP contribution is -2.50. The maximum absolute atomic E-state index is 12.4. The topological polar surface area (TPSA) is 100 Å². The lowest BCUT2D eigenvalue weighted by Gasteiger charge is -2.36. The van der Waals surface area contributed by atoms with Crippen molar-refractivity contribution in [2.24, 2.45) is 0 Å². The third-order valence-electron chi connectivity index (χ3n) is 4.33. The number of amides is 1. The fraction of sp³-hybridized carbons (Fsp3) is 0.562. The van der Waals surface area contributed by atoms with E-state index in [1.165, 1.54) is 0 Å². The van der Waals surface area contributed by atoms with E-state index >= 15 is 0 Å². The van der Waals surface area contributed by atoms with Gasteiger partial charge in [-0.25, -0.2) is 5.10 Å². The smallest absolute Gasteiger partial charge is 0.277 e. The first kappa shape index (κ1) is 16.7. The first-order valence-electron chi connectivity index (χ1n) is 8.00. The van der Waals surface area contributed by atoms with Crippen LogP contribution in [0, 0.1) is 13.8 Å². The minimum Gasteiger partial charge on any atom is -0.444 e. The molecule has 1 saturated heterocycles. The average molecular weight is 334 g/mol. The number of H-pyrrole nitrogens is 1. The second-order valence-corrected chi connectivity index (χ2v) is 6.35. The minimum atomic E-state index is -0.379. The second-order valence-electron chi connectivity index (χ2n) is 6.35. The molecule has 24 heavy (non-hydrogen) atoms. The van der Waals surface area contributed by atoms with E-state index in [9.17, 15) is 9.59 Å². The number of carbonyl (C=O) groups excluding carboxylic acids is 1. The molecule has 1 fully saturated rings. The first-order valence-corrected chi connectivity index (χ1v) is 8.00. The molecule has 1 aliphatic heterocycles. The van der Waals surface area contributed by atoms with Gasteiger partial charge < -0.3 is 9.15 Å². The molecule has 8 heteroatoms. The van der Waals surface area contributed by atoms with Crippen molar-refractivity contribution in [2.45, 2.75) is 39.8 Å². The van der Waals surface area contributed by atoms with Gasteiger partial charge in [-0.1, -0.05) is 0 Å². The van der Waals surface area contributed by atoms with Crippen LogP contribution in [-0.2, 0) is 9.53 Å². The zero-order valence-electron chi connectivity index (χ0n) is 14.3. The second kappa shape index (κ2) is 6.37. The number of nitrogens with one attached hydrogen (secondary N) is 2. The maximum atomic E-state index is 12.4. The van der Waals surface area contributed by atoms with Gasteiger partial charge in [0.2, 0.25) is 11.8 Å². The maximum Gasteiger partial charge on any atom is 0.277 e. The molecule has 8 nitrogen and oxygen atoms in total. The van der Waals surface area contributed by atoms with Crippen molar-refractivity contribution in [3.8, 4) is 0 Å². The van der Waals surface area contributed by atoms with Crippen LogP contribution in [0.25, 0.3) is 10.8 Å². The number of ether oxygens (including phenoxy) is 1. The summed E-state index contributed by atoms with van der Waals surface area (Å²) in [6.07, 6.45) is 0.0947. The van der Waals surface area contributed by atoms with Gasteiger partial charge in [-0.15, -0.1) is 0 Å². The van der Waals surface area contributed by atoms with Gasteiger partial charge in [0.1, 0.15) is 11.1 Å². The molecule has 3 rings (SSSR count). The Balaban J connectivity index is 1.81. The summed E-state index contributed by atoms with van der Waals surface area (Å²) >= 11 is 0. The summed E-state index contributed by atoms with van der Waals surface area (Å²) in [7, 11) is 0. The van der Waals surface area contributed by atoms with Gasteiger partial charge in [0.25, 0.3) is 5.56 Å². The predicted molar refractivity (Wildman–Crippen MR) is 89.2 cm³/mol. The van der Waals surface area contributed by atoms with Crippen LogP contribution in [0.15, 0.2) is 9.21 Å². The van der Waals surface area contributed by atoms with Crippen molar-refractivity contribution in [2.75, 3.05) is 25.0 Å². The quantitative estimate of drug-likeness (QED) is 0.874. The number of hydrogen-bond donors (Lipinski definition) is 2. The molecule has 2 N–H and O–H groups in total. The lowest BCUT2D eigenvalue weighted by molar-refractivity contribution is -0.121. The number of fused-ring (bicyclic) bond motifs is 1. The van der Waals surface area contributed by atoms with E-state index in [1.807, 2.05) is 13.8 Å². The highest BCUT2D eigenvalue weighted by Crippen LogP contribution is 2.28. The summed E-state index contributed by atoms with van der Waals surface area (Å²) in [6.45, 7) is 9.04. The Hall–Kier alpha value is -2.19. The largest absolute Gasteiger partial charge is 0.444 e. The van der Waals surface area contributed by atoms with E-state index in [2.05, 4.69) is 20.4 Å². The highest BCUT2D eigenvalue weighted by Gasteiger charge is 2.26. The Kier molecular flexibility index (Phi) is 4.42. The Morgan fingerprint density at radius 2 is 2.12 bits per heavy atom. The van der Waals surface area contributed by atoms with E-state index < -0.39 is 0 Å². The molecule has 1 amide bonds. The number of hydrogen-bond acceptors (Lipinski definition) is 6. The molecule has 0 aliphatic carbocycles. The van der Waals surface area contributed by atoms with Crippen LogP contribution >= 0.6 is 0 Å². The zero-order chi connectivity index (χ0) is 17.4. The Morgan fingerprint density at radius 3 is 2.88 bits per heavy atom. The van der Waals surface area contributed by atoms with Crippen LogP contribution in [-0.4, -0.2) is 52.8 Å². The highest BCUT2D eigenvalue weighted by molar-refractivity contribution is 6.01. The monoisotopic (exact) mass is 334 g/mol. The Labute approximate surface area is 139 Å². The van der Waals surface area contributed by atoms with E-state index in [-0.39, 0.29) is 36.0 Å². The molecule has 0 aromatic carbocycles. The van der Waals surface area contributed by atoms with Gasteiger partial charge in [0, 0.05) is 12.6 Å². The number of morpholine rings is 1. The SMILES string of the molecule is Cc1n[nH]c(=O)c2c(NC(=O)CN3C[C@@H](C)OC[C@H]3C)oc(C)c12. The van der Waals surface area contributed by atoms with Crippen LogP contribution in [0.1, 0.15) is 25.3 Å². The molecule has 0 radical (unpaired) electrons. The fourth-order valence-electron chi connectivity index (χ4n) is 3.07. The molecule has 0 saturated carbocycles. The molecule has 0 spiro atoms. The van der Waals surface area contributed by atoms with Gasteiger partial charge in [-0.05, 0) is 27.7 Å². The Bertz CT molecular complexity index is 825. The fourth-order valence-corrected chi connectivity index (χ4v) is 3.07. The molecule has 2 atom stereocenters. The molecule has 0 bridgehead atoms. The number of rotatable bonds is 3. The summed E-state index contributed by atoms with van der Waals surface area (Å²) < 4.78 is 11.2. The highest BCUT2D eigenvalue weighted by atomic mass is 16.5. The van der Waals surface area contributed by atoms with E-state index in [0.29, 0.717) is 35.4 Å². The van der Waals surface area contributed by atoms with E-state index in [1.54, 1.807) is 13.8 Å². The van der Waals surface area contributed by atoms with E-state index in [4.69, 9.17) is 9.15 Å². The summed E-state index contributed by atoms with van der Waals surface area (Å²) in [4.78, 5) is 26.5. The zero-order valence-corrected chi connectivity index (χ0v) is 14.3. The van der Waals surface area contributed by atoms with Gasteiger partial charge in [0.05, 0.1) is 30.3 Å². The number of anilines is 1. The summed E-state index contributed by atoms with van der Waals surface area (Å²) in [6, 6.07) is 0.164. The first-order chi connectivity index (χ1) is 11.4. The van der Waals surface area contributed by atoms with Crippen molar-refractivity contribution in [3.05, 3.63) is 21.8 Å². The number of aromatic nitrogens is 2. The van der Waals surface area contributed by atoms with Crippen LogP contribution in [0.5, 0.6) is 0 Å². The van der Waals surface area contributed by atoms with Crippen molar-refractivity contribution in [3.63, 3.8) is 0 Å². The number of aryl methyl sites for hydroxylation is 2. The van der Waals surface area contributed by atoms with Crippen molar-refractivity contribution in [1.29, 1.82) is 0 Å². The predicted octanol–water partition coefficient (Wildman–Crippen LogP) is 1.18. The summed E-state index contributed by atoms with van der Waals surface area (Å²) in [5.41, 5.74) is 0.276. The van der Waals surface area contributed by atoms with Crippen molar-refractivity contribution >= 4 is 22.6 Å². The van der Waals surface area contributed by atoms with Crippen LogP contribution < -0.4 is 10.9 Å². The minimum absolute atomic E-state index is 0.0947. The number of nitrogens with zero attached hydrogens (tertiary/aromatic N) is 2. The molecule has 0 unspecified atom stereocenters. The third kappa shape index (κ3) is 3.07. The van der Waals surface area contributed by atoms with E-state index in [0.717, 1.165) is 0 Å². The number of aromatic amines is 1.